The van der Waals surface area contributed by atoms with Gasteiger partial charge >= 0.3 is 0 Å². The molecule has 0 radical (unpaired) electrons. The highest BCUT2D eigenvalue weighted by molar-refractivity contribution is 7.12. The zero-order valence-corrected chi connectivity index (χ0v) is 19.5. The molecule has 7 nitrogen and oxygen atoms in total. The molecular formula is C23H34N4O3S. The van der Waals surface area contributed by atoms with Crippen LogP contribution in [0.25, 0.3) is 0 Å². The third-order valence-electron chi connectivity index (χ3n) is 4.34. The van der Waals surface area contributed by atoms with Crippen LogP contribution in [0.2, 0.25) is 0 Å². The third kappa shape index (κ3) is 9.40. The van der Waals surface area contributed by atoms with Gasteiger partial charge in [-0.3, -0.25) is 4.79 Å². The summed E-state index contributed by atoms with van der Waals surface area (Å²) in [6, 6.07) is 9.86. The molecule has 1 aromatic heterocycles. The number of aliphatic imine (C=N–C) groups is 1. The number of hydrogen-bond donors (Lipinski definition) is 3. The molecule has 0 aliphatic rings. The van der Waals surface area contributed by atoms with Crippen LogP contribution in [0, 0.1) is 6.92 Å². The summed E-state index contributed by atoms with van der Waals surface area (Å²) in [7, 11) is 0. The number of ether oxygens (including phenoxy) is 2. The lowest BCUT2D eigenvalue weighted by atomic mass is 10.1. The molecule has 2 aromatic rings. The van der Waals surface area contributed by atoms with Gasteiger partial charge in [0.25, 0.3) is 5.91 Å². The van der Waals surface area contributed by atoms with E-state index in [1.54, 1.807) is 0 Å². The SMILES string of the molecule is CCNC(=NCc1ccc(C)cc1OCCOCC)NCCCNC(=O)c1cccs1. The van der Waals surface area contributed by atoms with Gasteiger partial charge in [0.05, 0.1) is 18.0 Å². The molecule has 8 heteroatoms. The van der Waals surface area contributed by atoms with Crippen molar-refractivity contribution >= 4 is 23.2 Å². The summed E-state index contributed by atoms with van der Waals surface area (Å²) in [6.45, 7) is 10.4. The van der Waals surface area contributed by atoms with Crippen LogP contribution in [0.15, 0.2) is 40.7 Å². The maximum absolute atomic E-state index is 12.0. The number of nitrogens with zero attached hydrogens (tertiary/aromatic N) is 1. The van der Waals surface area contributed by atoms with Crippen LogP contribution in [0.4, 0.5) is 0 Å². The van der Waals surface area contributed by atoms with Gasteiger partial charge in [-0.25, -0.2) is 4.99 Å². The molecule has 0 spiro atoms. The summed E-state index contributed by atoms with van der Waals surface area (Å²) >= 11 is 1.45. The van der Waals surface area contributed by atoms with E-state index in [1.165, 1.54) is 11.3 Å². The van der Waals surface area contributed by atoms with Crippen molar-refractivity contribution in [3.05, 3.63) is 51.7 Å². The topological polar surface area (TPSA) is 84.0 Å². The van der Waals surface area contributed by atoms with E-state index >= 15 is 0 Å². The molecule has 0 atom stereocenters. The second kappa shape index (κ2) is 14.4. The van der Waals surface area contributed by atoms with Gasteiger partial charge in [-0.2, -0.15) is 0 Å². The number of carbonyl (C=O) groups is 1. The van der Waals surface area contributed by atoms with Crippen LogP contribution in [-0.2, 0) is 11.3 Å². The van der Waals surface area contributed by atoms with Crippen molar-refractivity contribution in [3.63, 3.8) is 0 Å². The van der Waals surface area contributed by atoms with E-state index in [1.807, 2.05) is 44.4 Å². The summed E-state index contributed by atoms with van der Waals surface area (Å²) in [4.78, 5) is 17.4. The third-order valence-corrected chi connectivity index (χ3v) is 5.21. The van der Waals surface area contributed by atoms with E-state index in [2.05, 4.69) is 33.1 Å². The van der Waals surface area contributed by atoms with E-state index < -0.39 is 0 Å². The highest BCUT2D eigenvalue weighted by Gasteiger charge is 2.07. The van der Waals surface area contributed by atoms with E-state index in [4.69, 9.17) is 9.47 Å². The quantitative estimate of drug-likeness (QED) is 0.250. The van der Waals surface area contributed by atoms with Crippen molar-refractivity contribution < 1.29 is 14.3 Å². The molecule has 0 bridgehead atoms. The molecule has 0 aliphatic carbocycles. The molecule has 0 saturated heterocycles. The Morgan fingerprint density at radius 2 is 1.94 bits per heavy atom. The molecule has 1 aromatic carbocycles. The van der Waals surface area contributed by atoms with Crippen LogP contribution in [0.5, 0.6) is 5.75 Å². The first-order valence-electron chi connectivity index (χ1n) is 10.8. The summed E-state index contributed by atoms with van der Waals surface area (Å²) in [6.07, 6.45) is 0.803. The Hall–Kier alpha value is -2.58. The molecular weight excluding hydrogens is 412 g/mol. The molecule has 170 valence electrons. The van der Waals surface area contributed by atoms with Crippen LogP contribution in [0.1, 0.15) is 41.1 Å². The predicted octanol–water partition coefficient (Wildman–Crippen LogP) is 3.35. The molecule has 31 heavy (non-hydrogen) atoms. The number of carbonyl (C=O) groups excluding carboxylic acids is 1. The summed E-state index contributed by atoms with van der Waals surface area (Å²) < 4.78 is 11.3. The Morgan fingerprint density at radius 3 is 2.68 bits per heavy atom. The minimum absolute atomic E-state index is 0.0215. The normalized spacial score (nSPS) is 11.3. The van der Waals surface area contributed by atoms with Crippen molar-refractivity contribution in [2.75, 3.05) is 39.5 Å². The summed E-state index contributed by atoms with van der Waals surface area (Å²) in [5.41, 5.74) is 2.18. The number of amides is 1. The number of aryl methyl sites for hydroxylation is 1. The fourth-order valence-electron chi connectivity index (χ4n) is 2.78. The zero-order chi connectivity index (χ0) is 22.3. The van der Waals surface area contributed by atoms with Crippen molar-refractivity contribution in [1.29, 1.82) is 0 Å². The molecule has 1 heterocycles. The molecule has 0 unspecified atom stereocenters. The smallest absolute Gasteiger partial charge is 0.261 e. The maximum atomic E-state index is 12.0. The Morgan fingerprint density at radius 1 is 1.10 bits per heavy atom. The van der Waals surface area contributed by atoms with Crippen molar-refractivity contribution in [2.24, 2.45) is 4.99 Å². The second-order valence-corrected chi connectivity index (χ2v) is 7.81. The first-order chi connectivity index (χ1) is 15.1. The first kappa shape index (κ1) is 24.7. The minimum atomic E-state index is -0.0215. The zero-order valence-electron chi connectivity index (χ0n) is 18.7. The van der Waals surface area contributed by atoms with Gasteiger partial charge in [0.15, 0.2) is 5.96 Å². The monoisotopic (exact) mass is 446 g/mol. The van der Waals surface area contributed by atoms with Gasteiger partial charge in [-0.1, -0.05) is 18.2 Å². The molecule has 3 N–H and O–H groups in total. The van der Waals surface area contributed by atoms with Crippen LogP contribution in [-0.4, -0.2) is 51.3 Å². The Kier molecular flexibility index (Phi) is 11.5. The van der Waals surface area contributed by atoms with Crippen molar-refractivity contribution in [1.82, 2.24) is 16.0 Å². The second-order valence-electron chi connectivity index (χ2n) is 6.87. The highest BCUT2D eigenvalue weighted by Crippen LogP contribution is 2.21. The fraction of sp³-hybridized carbons (Fsp3) is 0.478. The number of hydrogen-bond acceptors (Lipinski definition) is 5. The van der Waals surface area contributed by atoms with E-state index in [9.17, 15) is 4.79 Å². The van der Waals surface area contributed by atoms with Gasteiger partial charge < -0.3 is 25.4 Å². The lowest BCUT2D eigenvalue weighted by Crippen LogP contribution is -2.38. The van der Waals surface area contributed by atoms with Gasteiger partial charge in [0, 0.05) is 31.8 Å². The van der Waals surface area contributed by atoms with Crippen molar-refractivity contribution in [2.45, 2.75) is 33.7 Å². The van der Waals surface area contributed by atoms with Crippen LogP contribution < -0.4 is 20.7 Å². The molecule has 1 amide bonds. The minimum Gasteiger partial charge on any atom is -0.491 e. The summed E-state index contributed by atoms with van der Waals surface area (Å²) in [5, 5.41) is 11.4. The van der Waals surface area contributed by atoms with Gasteiger partial charge in [-0.05, 0) is 50.3 Å². The Balaban J connectivity index is 1.82. The first-order valence-corrected chi connectivity index (χ1v) is 11.7. The number of rotatable bonds is 13. The Labute approximate surface area is 189 Å². The van der Waals surface area contributed by atoms with E-state index in [0.29, 0.717) is 39.5 Å². The maximum Gasteiger partial charge on any atom is 0.261 e. The number of benzene rings is 1. The average molecular weight is 447 g/mol. The lowest BCUT2D eigenvalue weighted by Gasteiger charge is -2.14. The molecule has 0 aliphatic heterocycles. The molecule has 0 saturated carbocycles. The lowest BCUT2D eigenvalue weighted by molar-refractivity contribution is 0.0957. The molecule has 2 rings (SSSR count). The molecule has 0 fully saturated rings. The summed E-state index contributed by atoms with van der Waals surface area (Å²) in [5.74, 6) is 1.57. The average Bonchev–Trinajstić information content (AvgIpc) is 3.30. The van der Waals surface area contributed by atoms with Gasteiger partial charge in [0.2, 0.25) is 0 Å². The van der Waals surface area contributed by atoms with E-state index in [-0.39, 0.29) is 5.91 Å². The number of guanidine groups is 1. The Bertz CT molecular complexity index is 809. The van der Waals surface area contributed by atoms with Crippen LogP contribution >= 0.6 is 11.3 Å². The number of thiophene rings is 1. The van der Waals surface area contributed by atoms with Gasteiger partial charge in [-0.15, -0.1) is 11.3 Å². The fourth-order valence-corrected chi connectivity index (χ4v) is 3.42. The standard InChI is InChI=1S/C23H34N4O3S/c1-4-24-23(26-12-7-11-25-22(28)21-8-6-15-31-21)27-17-19-10-9-18(3)16-20(19)30-14-13-29-5-2/h6,8-10,15-16H,4-5,7,11-14,17H2,1-3H3,(H,25,28)(H2,24,26,27). The number of nitrogens with one attached hydrogen (secondary N) is 3. The van der Waals surface area contributed by atoms with E-state index in [0.717, 1.165) is 40.7 Å². The van der Waals surface area contributed by atoms with Gasteiger partial charge in [0.1, 0.15) is 12.4 Å². The highest BCUT2D eigenvalue weighted by atomic mass is 32.1. The largest absolute Gasteiger partial charge is 0.491 e. The van der Waals surface area contributed by atoms with Crippen LogP contribution in [0.3, 0.4) is 0 Å². The predicted molar refractivity (Wildman–Crippen MR) is 127 cm³/mol. The van der Waals surface area contributed by atoms with Crippen molar-refractivity contribution in [3.8, 4) is 5.75 Å².